The maximum Gasteiger partial charge on any atom is 0.338 e. The van der Waals surface area contributed by atoms with Crippen molar-refractivity contribution in [3.8, 4) is 0 Å². The Morgan fingerprint density at radius 1 is 1.06 bits per heavy atom. The van der Waals surface area contributed by atoms with E-state index in [2.05, 4.69) is 51.8 Å². The lowest BCUT2D eigenvalue weighted by atomic mass is 10.0. The maximum atomic E-state index is 12.6. The minimum absolute atomic E-state index is 0.0184. The summed E-state index contributed by atoms with van der Waals surface area (Å²) in [5.74, 6) is 0.489. The van der Waals surface area contributed by atoms with Crippen LogP contribution in [0, 0.1) is 5.92 Å². The molecule has 6 rings (SSSR count). The summed E-state index contributed by atoms with van der Waals surface area (Å²) in [7, 11) is 0. The van der Waals surface area contributed by atoms with Gasteiger partial charge in [-0.15, -0.1) is 0 Å². The average Bonchev–Trinajstić information content (AvgIpc) is 3.62. The highest BCUT2D eigenvalue weighted by Crippen LogP contribution is 2.41. The number of aliphatic hydroxyl groups excluding tert-OH is 1. The van der Waals surface area contributed by atoms with Crippen LogP contribution in [0.4, 0.5) is 5.82 Å². The van der Waals surface area contributed by atoms with Gasteiger partial charge >= 0.3 is 5.97 Å². The summed E-state index contributed by atoms with van der Waals surface area (Å²) < 4.78 is 7.77. The molecular formula is C28H28N4O3. The molecule has 0 spiro atoms. The smallest absolute Gasteiger partial charge is 0.338 e. The summed E-state index contributed by atoms with van der Waals surface area (Å²) in [5, 5.41) is 18.2. The van der Waals surface area contributed by atoms with Crippen LogP contribution in [0.3, 0.4) is 0 Å². The molecule has 2 aromatic heterocycles. The summed E-state index contributed by atoms with van der Waals surface area (Å²) in [6, 6.07) is 21.9. The standard InChI is InChI=1S/C28H28N4O3/c33-16-21-14-20(15-26(21)35-28(34)19-7-2-1-3-8-19)24-12-13-25-27(29-17-30-32(24)25)31-23-11-10-18-6-4-5-9-22(18)23/h1-9,12-13,17,20-21,23,26,33H,10-11,14-16H2,(H,29,30,31)/t20-,21-,23+,26+/m1/s1. The molecule has 0 amide bonds. The first-order valence-electron chi connectivity index (χ1n) is 12.2. The zero-order valence-corrected chi connectivity index (χ0v) is 19.4. The number of nitrogens with zero attached hydrogens (tertiary/aromatic N) is 3. The summed E-state index contributed by atoms with van der Waals surface area (Å²) in [6.45, 7) is -0.0184. The number of hydrogen-bond donors (Lipinski definition) is 2. The van der Waals surface area contributed by atoms with Crippen molar-refractivity contribution in [2.75, 3.05) is 11.9 Å². The molecule has 0 bridgehead atoms. The van der Waals surface area contributed by atoms with E-state index < -0.39 is 0 Å². The van der Waals surface area contributed by atoms with E-state index in [1.807, 2.05) is 22.7 Å². The third kappa shape index (κ3) is 4.06. The van der Waals surface area contributed by atoms with Gasteiger partial charge in [0.25, 0.3) is 0 Å². The summed E-state index contributed by atoms with van der Waals surface area (Å²) in [4.78, 5) is 17.2. The first-order valence-corrected chi connectivity index (χ1v) is 12.2. The molecule has 0 radical (unpaired) electrons. The second kappa shape index (κ2) is 9.15. The van der Waals surface area contributed by atoms with Gasteiger partial charge in [0.15, 0.2) is 5.82 Å². The van der Waals surface area contributed by atoms with E-state index in [1.165, 1.54) is 11.1 Å². The Morgan fingerprint density at radius 2 is 1.89 bits per heavy atom. The van der Waals surface area contributed by atoms with Crippen LogP contribution in [0.15, 0.2) is 73.1 Å². The lowest BCUT2D eigenvalue weighted by molar-refractivity contribution is 0.0129. The number of carbonyl (C=O) groups is 1. The van der Waals surface area contributed by atoms with E-state index in [0.29, 0.717) is 12.0 Å². The van der Waals surface area contributed by atoms with Crippen LogP contribution in [0.1, 0.15) is 58.4 Å². The average molecular weight is 469 g/mol. The number of nitrogens with one attached hydrogen (secondary N) is 1. The number of aromatic nitrogens is 3. The Balaban J connectivity index is 1.22. The Kier molecular flexibility index (Phi) is 5.70. The van der Waals surface area contributed by atoms with Gasteiger partial charge in [-0.05, 0) is 61.1 Å². The van der Waals surface area contributed by atoms with Gasteiger partial charge in [0.2, 0.25) is 0 Å². The number of anilines is 1. The van der Waals surface area contributed by atoms with Gasteiger partial charge in [-0.1, -0.05) is 42.5 Å². The molecule has 2 heterocycles. The van der Waals surface area contributed by atoms with Gasteiger partial charge in [0.05, 0.1) is 11.6 Å². The Morgan fingerprint density at radius 3 is 2.74 bits per heavy atom. The van der Waals surface area contributed by atoms with Gasteiger partial charge < -0.3 is 15.2 Å². The monoisotopic (exact) mass is 468 g/mol. The SMILES string of the molecule is O=C(O[C@H]1C[C@H](c2ccc3c(N[C@H]4CCc5ccccc54)ncnn23)C[C@@H]1CO)c1ccccc1. The molecule has 2 N–H and O–H groups in total. The fraction of sp³-hybridized carbons (Fsp3) is 0.321. The molecule has 1 saturated carbocycles. The lowest BCUT2D eigenvalue weighted by Crippen LogP contribution is -2.24. The Labute approximate surface area is 203 Å². The first-order chi connectivity index (χ1) is 17.2. The lowest BCUT2D eigenvalue weighted by Gasteiger charge is -2.18. The van der Waals surface area contributed by atoms with E-state index in [4.69, 9.17) is 4.74 Å². The van der Waals surface area contributed by atoms with Crippen molar-refractivity contribution in [2.45, 2.75) is 43.7 Å². The number of ether oxygens (including phenoxy) is 1. The number of hydrogen-bond acceptors (Lipinski definition) is 6. The molecule has 7 nitrogen and oxygen atoms in total. The molecule has 4 atom stereocenters. The molecule has 35 heavy (non-hydrogen) atoms. The van der Waals surface area contributed by atoms with Crippen molar-refractivity contribution in [3.05, 3.63) is 95.4 Å². The number of fused-ring (bicyclic) bond motifs is 2. The van der Waals surface area contributed by atoms with Gasteiger partial charge in [0.1, 0.15) is 17.9 Å². The summed E-state index contributed by atoms with van der Waals surface area (Å²) in [6.07, 6.45) is 4.74. The maximum absolute atomic E-state index is 12.6. The highest BCUT2D eigenvalue weighted by atomic mass is 16.5. The fourth-order valence-corrected chi connectivity index (χ4v) is 5.69. The third-order valence-corrected chi connectivity index (χ3v) is 7.48. The zero-order valence-electron chi connectivity index (χ0n) is 19.4. The van der Waals surface area contributed by atoms with E-state index >= 15 is 0 Å². The van der Waals surface area contributed by atoms with Gasteiger partial charge in [-0.25, -0.2) is 14.3 Å². The number of benzene rings is 2. The molecule has 7 heteroatoms. The van der Waals surface area contributed by atoms with Crippen molar-refractivity contribution in [1.29, 1.82) is 0 Å². The van der Waals surface area contributed by atoms with Gasteiger partial charge in [-0.3, -0.25) is 0 Å². The normalized spacial score (nSPS) is 23.3. The number of aliphatic hydroxyl groups is 1. The molecule has 1 fully saturated rings. The largest absolute Gasteiger partial charge is 0.458 e. The number of aryl methyl sites for hydroxylation is 1. The second-order valence-corrected chi connectivity index (χ2v) is 9.52. The van der Waals surface area contributed by atoms with Crippen LogP contribution >= 0.6 is 0 Å². The van der Waals surface area contributed by atoms with E-state index in [-0.39, 0.29) is 36.6 Å². The first kappa shape index (κ1) is 21.8. The molecule has 0 aliphatic heterocycles. The van der Waals surface area contributed by atoms with Crippen LogP contribution in [-0.4, -0.2) is 38.4 Å². The summed E-state index contributed by atoms with van der Waals surface area (Å²) >= 11 is 0. The van der Waals surface area contributed by atoms with Crippen molar-refractivity contribution < 1.29 is 14.6 Å². The Hall–Kier alpha value is -3.71. The van der Waals surface area contributed by atoms with E-state index in [9.17, 15) is 9.90 Å². The van der Waals surface area contributed by atoms with Crippen molar-refractivity contribution in [1.82, 2.24) is 14.6 Å². The molecular weight excluding hydrogens is 440 g/mol. The second-order valence-electron chi connectivity index (χ2n) is 9.52. The Bertz CT molecular complexity index is 1350. The van der Waals surface area contributed by atoms with E-state index in [0.717, 1.165) is 36.3 Å². The number of rotatable bonds is 6. The molecule has 0 saturated heterocycles. The van der Waals surface area contributed by atoms with Crippen LogP contribution in [-0.2, 0) is 11.2 Å². The van der Waals surface area contributed by atoms with Crippen LogP contribution in [0.5, 0.6) is 0 Å². The van der Waals surface area contributed by atoms with Crippen molar-refractivity contribution >= 4 is 17.3 Å². The molecule has 178 valence electrons. The van der Waals surface area contributed by atoms with Gasteiger partial charge in [0, 0.05) is 24.1 Å². The predicted molar refractivity (Wildman–Crippen MR) is 132 cm³/mol. The van der Waals surface area contributed by atoms with Gasteiger partial charge in [-0.2, -0.15) is 5.10 Å². The number of esters is 1. The summed E-state index contributed by atoms with van der Waals surface area (Å²) in [5.41, 5.74) is 5.23. The topological polar surface area (TPSA) is 88.8 Å². The van der Waals surface area contributed by atoms with Crippen LogP contribution in [0.25, 0.3) is 5.52 Å². The predicted octanol–water partition coefficient (Wildman–Crippen LogP) is 4.54. The quantitative estimate of drug-likeness (QED) is 0.404. The number of carbonyl (C=O) groups excluding carboxylic acids is 1. The zero-order chi connectivity index (χ0) is 23.8. The minimum Gasteiger partial charge on any atom is -0.458 e. The van der Waals surface area contributed by atoms with Crippen LogP contribution in [0.2, 0.25) is 0 Å². The molecule has 2 aliphatic carbocycles. The minimum atomic E-state index is -0.347. The van der Waals surface area contributed by atoms with E-state index in [1.54, 1.807) is 18.5 Å². The molecule has 2 aromatic carbocycles. The highest BCUT2D eigenvalue weighted by molar-refractivity contribution is 5.89. The molecule has 2 aliphatic rings. The highest BCUT2D eigenvalue weighted by Gasteiger charge is 2.38. The molecule has 0 unspecified atom stereocenters. The van der Waals surface area contributed by atoms with Crippen molar-refractivity contribution in [2.24, 2.45) is 5.92 Å². The van der Waals surface area contributed by atoms with Crippen molar-refractivity contribution in [3.63, 3.8) is 0 Å². The third-order valence-electron chi connectivity index (χ3n) is 7.48. The molecule has 4 aromatic rings. The van der Waals surface area contributed by atoms with Crippen LogP contribution < -0.4 is 5.32 Å². The fourth-order valence-electron chi connectivity index (χ4n) is 5.69.